The van der Waals surface area contributed by atoms with E-state index in [1.807, 2.05) is 0 Å². The van der Waals surface area contributed by atoms with Crippen molar-refractivity contribution >= 4 is 0 Å². The Morgan fingerprint density at radius 3 is 1.62 bits per heavy atom. The smallest absolute Gasteiger partial charge is 0.0610 e. The summed E-state index contributed by atoms with van der Waals surface area (Å²) in [6.07, 6.45) is 17.9. The summed E-state index contributed by atoms with van der Waals surface area (Å²) >= 11 is 0. The molecule has 0 aromatic rings. The van der Waals surface area contributed by atoms with E-state index in [2.05, 4.69) is 46.4 Å². The number of unbranched alkanes of at least 4 members (excludes halogenated alkanes) is 9. The van der Waals surface area contributed by atoms with E-state index >= 15 is 0 Å². The van der Waals surface area contributed by atoms with Crippen molar-refractivity contribution in [2.24, 2.45) is 0 Å². The van der Waals surface area contributed by atoms with E-state index in [0.717, 1.165) is 6.61 Å². The van der Waals surface area contributed by atoms with Gasteiger partial charge in [0.05, 0.1) is 6.10 Å². The third-order valence-corrected chi connectivity index (χ3v) is 6.21. The van der Waals surface area contributed by atoms with Crippen LogP contribution in [0.5, 0.6) is 0 Å². The minimum atomic E-state index is 0.250. The molecular formula is C24H49NO. The summed E-state index contributed by atoms with van der Waals surface area (Å²) in [4.78, 5) is 2.71. The Morgan fingerprint density at radius 1 is 0.692 bits per heavy atom. The topological polar surface area (TPSA) is 12.5 Å². The predicted octanol–water partition coefficient (Wildman–Crippen LogP) is 7.36. The van der Waals surface area contributed by atoms with Gasteiger partial charge in [-0.15, -0.1) is 0 Å². The van der Waals surface area contributed by atoms with Gasteiger partial charge in [-0.3, -0.25) is 4.90 Å². The zero-order valence-electron chi connectivity index (χ0n) is 19.0. The number of nitrogens with zero attached hydrogens (tertiary/aromatic N) is 1. The molecule has 0 bridgehead atoms. The summed E-state index contributed by atoms with van der Waals surface area (Å²) in [5, 5.41) is 0. The molecule has 0 amide bonds. The molecule has 0 N–H and O–H groups in total. The van der Waals surface area contributed by atoms with E-state index in [1.54, 1.807) is 0 Å². The highest BCUT2D eigenvalue weighted by Gasteiger charge is 2.44. The minimum absolute atomic E-state index is 0.250. The van der Waals surface area contributed by atoms with Crippen LogP contribution in [0, 0.1) is 0 Å². The molecular weight excluding hydrogens is 318 g/mol. The number of hydrogen-bond acceptors (Lipinski definition) is 2. The van der Waals surface area contributed by atoms with Crippen molar-refractivity contribution < 1.29 is 4.74 Å². The molecule has 2 nitrogen and oxygen atoms in total. The number of likely N-dealkylation sites (tertiary alicyclic amines) is 1. The summed E-state index contributed by atoms with van der Waals surface area (Å²) in [6, 6.07) is 0. The van der Waals surface area contributed by atoms with Gasteiger partial charge in [-0.05, 0) is 59.9 Å². The fourth-order valence-electron chi connectivity index (χ4n) is 5.01. The first-order chi connectivity index (χ1) is 12.3. The van der Waals surface area contributed by atoms with Crippen LogP contribution in [-0.2, 0) is 4.74 Å². The van der Waals surface area contributed by atoms with E-state index in [9.17, 15) is 0 Å². The van der Waals surface area contributed by atoms with Crippen molar-refractivity contribution in [3.05, 3.63) is 0 Å². The summed E-state index contributed by atoms with van der Waals surface area (Å²) < 4.78 is 6.33. The van der Waals surface area contributed by atoms with Crippen molar-refractivity contribution in [1.29, 1.82) is 0 Å². The van der Waals surface area contributed by atoms with Gasteiger partial charge in [0.15, 0.2) is 0 Å². The quantitative estimate of drug-likeness (QED) is 0.297. The lowest BCUT2D eigenvalue weighted by Crippen LogP contribution is -2.62. The maximum Gasteiger partial charge on any atom is 0.0610 e. The lowest BCUT2D eigenvalue weighted by molar-refractivity contribution is -0.104. The number of rotatable bonds is 14. The second kappa shape index (κ2) is 12.4. The van der Waals surface area contributed by atoms with Gasteiger partial charge < -0.3 is 4.74 Å². The Bertz CT molecular complexity index is 332. The van der Waals surface area contributed by atoms with E-state index in [0.29, 0.717) is 6.10 Å². The van der Waals surface area contributed by atoms with Crippen LogP contribution >= 0.6 is 0 Å². The Morgan fingerprint density at radius 2 is 1.15 bits per heavy atom. The first kappa shape index (κ1) is 24.0. The monoisotopic (exact) mass is 367 g/mol. The molecule has 0 aromatic carbocycles. The van der Waals surface area contributed by atoms with Gasteiger partial charge in [0.2, 0.25) is 0 Å². The van der Waals surface area contributed by atoms with E-state index in [1.165, 1.54) is 90.0 Å². The van der Waals surface area contributed by atoms with Gasteiger partial charge in [-0.1, -0.05) is 71.6 Å². The number of hydrogen-bond donors (Lipinski definition) is 0. The molecule has 0 atom stereocenters. The van der Waals surface area contributed by atoms with Crippen LogP contribution in [0.3, 0.4) is 0 Å². The van der Waals surface area contributed by atoms with Crippen molar-refractivity contribution in [2.45, 2.75) is 142 Å². The van der Waals surface area contributed by atoms with Crippen molar-refractivity contribution in [2.75, 3.05) is 13.2 Å². The van der Waals surface area contributed by atoms with E-state index in [-0.39, 0.29) is 11.1 Å². The maximum absolute atomic E-state index is 6.33. The fourth-order valence-corrected chi connectivity index (χ4v) is 5.01. The van der Waals surface area contributed by atoms with Crippen LogP contribution in [-0.4, -0.2) is 35.2 Å². The molecule has 0 saturated carbocycles. The molecule has 26 heavy (non-hydrogen) atoms. The third-order valence-electron chi connectivity index (χ3n) is 6.21. The first-order valence-electron chi connectivity index (χ1n) is 11.7. The Labute approximate surface area is 165 Å². The minimum Gasteiger partial charge on any atom is -0.378 e. The summed E-state index contributed by atoms with van der Waals surface area (Å²) in [5.74, 6) is 0. The molecule has 2 heteroatoms. The van der Waals surface area contributed by atoms with E-state index < -0.39 is 0 Å². The summed E-state index contributed by atoms with van der Waals surface area (Å²) in [7, 11) is 0. The molecule has 1 saturated heterocycles. The van der Waals surface area contributed by atoms with E-state index in [4.69, 9.17) is 4.74 Å². The average molecular weight is 368 g/mol. The number of piperidine rings is 1. The Hall–Kier alpha value is -0.0800. The number of ether oxygens (including phenoxy) is 1. The Balaban J connectivity index is 2.13. The van der Waals surface area contributed by atoms with Crippen LogP contribution in [0.1, 0.15) is 125 Å². The first-order valence-corrected chi connectivity index (χ1v) is 11.7. The predicted molar refractivity (Wildman–Crippen MR) is 116 cm³/mol. The average Bonchev–Trinajstić information content (AvgIpc) is 2.55. The molecule has 0 aliphatic carbocycles. The van der Waals surface area contributed by atoms with Gasteiger partial charge >= 0.3 is 0 Å². The fraction of sp³-hybridized carbons (Fsp3) is 1.00. The van der Waals surface area contributed by atoms with Crippen LogP contribution in [0.15, 0.2) is 0 Å². The molecule has 0 aromatic heterocycles. The second-order valence-corrected chi connectivity index (χ2v) is 9.86. The van der Waals surface area contributed by atoms with Crippen LogP contribution < -0.4 is 0 Å². The SMILES string of the molecule is CCCCCCCCCCCCOC1CC(C)(C)N(CCC)C(C)(C)C1. The maximum atomic E-state index is 6.33. The zero-order valence-corrected chi connectivity index (χ0v) is 19.0. The standard InChI is InChI=1S/C24H49NO/c1-7-9-10-11-12-13-14-15-16-17-19-26-22-20-23(3,4)25(18-8-2)24(5,6)21-22/h22H,7-21H2,1-6H3. The van der Waals surface area contributed by atoms with Crippen molar-refractivity contribution in [3.8, 4) is 0 Å². The van der Waals surface area contributed by atoms with Crippen LogP contribution in [0.4, 0.5) is 0 Å². The molecule has 156 valence electrons. The summed E-state index contributed by atoms with van der Waals surface area (Å²) in [6.45, 7) is 16.4. The summed E-state index contributed by atoms with van der Waals surface area (Å²) in [5.41, 5.74) is 0.500. The molecule has 0 spiro atoms. The van der Waals surface area contributed by atoms with Gasteiger partial charge in [-0.25, -0.2) is 0 Å². The van der Waals surface area contributed by atoms with Gasteiger partial charge in [0.25, 0.3) is 0 Å². The molecule has 1 fully saturated rings. The second-order valence-electron chi connectivity index (χ2n) is 9.86. The van der Waals surface area contributed by atoms with Gasteiger partial charge in [0.1, 0.15) is 0 Å². The largest absolute Gasteiger partial charge is 0.378 e. The Kier molecular flexibility index (Phi) is 11.4. The lowest BCUT2D eigenvalue weighted by Gasteiger charge is -2.55. The van der Waals surface area contributed by atoms with Gasteiger partial charge in [0, 0.05) is 17.7 Å². The lowest BCUT2D eigenvalue weighted by atomic mass is 9.78. The molecule has 0 unspecified atom stereocenters. The normalized spacial score (nSPS) is 20.5. The molecule has 1 heterocycles. The highest BCUT2D eigenvalue weighted by Crippen LogP contribution is 2.39. The molecule has 1 aliphatic rings. The van der Waals surface area contributed by atoms with Crippen molar-refractivity contribution in [3.63, 3.8) is 0 Å². The highest BCUT2D eigenvalue weighted by molar-refractivity contribution is 5.00. The highest BCUT2D eigenvalue weighted by atomic mass is 16.5. The molecule has 1 rings (SSSR count). The third kappa shape index (κ3) is 8.74. The van der Waals surface area contributed by atoms with Gasteiger partial charge in [-0.2, -0.15) is 0 Å². The van der Waals surface area contributed by atoms with Crippen LogP contribution in [0.25, 0.3) is 0 Å². The zero-order chi connectivity index (χ0) is 19.5. The van der Waals surface area contributed by atoms with Crippen molar-refractivity contribution in [1.82, 2.24) is 4.90 Å². The molecule has 0 radical (unpaired) electrons. The van der Waals surface area contributed by atoms with Crippen LogP contribution in [0.2, 0.25) is 0 Å². The molecule has 1 aliphatic heterocycles.